The molecule has 11 nitrogen and oxygen atoms in total. The summed E-state index contributed by atoms with van der Waals surface area (Å²) in [7, 11) is 0. The van der Waals surface area contributed by atoms with Crippen molar-refractivity contribution in [2.24, 2.45) is 16.7 Å². The number of carbonyl (C=O) groups excluding carboxylic acids is 2. The summed E-state index contributed by atoms with van der Waals surface area (Å²) in [6.45, 7) is 8.04. The molecule has 7 rings (SSSR count). The van der Waals surface area contributed by atoms with Crippen molar-refractivity contribution < 1.29 is 53.7 Å². The van der Waals surface area contributed by atoms with Gasteiger partial charge in [0.1, 0.15) is 24.1 Å². The molecule has 0 aromatic heterocycles. The number of hydrogen-bond donors (Lipinski definition) is 4. The summed E-state index contributed by atoms with van der Waals surface area (Å²) in [5.41, 5.74) is -4.14. The number of aromatic hydroxyl groups is 1. The summed E-state index contributed by atoms with van der Waals surface area (Å²) in [5, 5.41) is 46.3. The van der Waals surface area contributed by atoms with Crippen LogP contribution in [-0.2, 0) is 28.5 Å². The molecule has 3 aliphatic carbocycles. The number of aliphatic hydroxyl groups is 3. The maximum Gasteiger partial charge on any atom is 0.338 e. The minimum atomic E-state index is -1.69. The van der Waals surface area contributed by atoms with Crippen LogP contribution in [0.2, 0.25) is 0 Å². The number of hydrogen-bond acceptors (Lipinski definition) is 11. The van der Waals surface area contributed by atoms with E-state index in [-0.39, 0.29) is 30.8 Å². The standard InChI is InChI=1S/C36H42O11/c1-18-23(39)16-35(33(3,4)42)26(18)27(40)29-34(5)24(44-32(46-29)21-11-13-22(38)14-12-21)15-25-36(17-43-25,47-19(2)37)28(34)30(35)45-31(41)20-9-7-6-8-10-20/h6-14,23-25,27-30,32,38-40,42H,15-17H2,1-5H3/t23-,24-,25+,27+,28-,29-,30-,32-,34+,35-,36-/m0/s1. The van der Waals surface area contributed by atoms with Gasteiger partial charge < -0.3 is 44.1 Å². The summed E-state index contributed by atoms with van der Waals surface area (Å²) in [6.07, 6.45) is -6.89. The second-order valence-corrected chi connectivity index (χ2v) is 14.5. The SMILES string of the molecule is CC(=O)O[C@@]12CO[C@@H]1C[C@@H]1O[C@H](c3ccc(O)cc3)O[C@H]3[C@H](O)C4=C(C)[C@@H](O)C[C@@]4(C(C)(C)O)[C@@H](OC(=O)c4ccccc4)[C@H]2[C@@]13C. The number of esters is 2. The average molecular weight is 651 g/mol. The highest BCUT2D eigenvalue weighted by atomic mass is 16.7. The molecule has 0 amide bonds. The van der Waals surface area contributed by atoms with E-state index in [1.54, 1.807) is 63.2 Å². The van der Waals surface area contributed by atoms with Crippen molar-refractivity contribution in [2.45, 2.75) is 102 Å². The van der Waals surface area contributed by atoms with E-state index in [2.05, 4.69) is 0 Å². The minimum Gasteiger partial charge on any atom is -0.508 e. The van der Waals surface area contributed by atoms with Gasteiger partial charge in [0, 0.05) is 24.3 Å². The van der Waals surface area contributed by atoms with E-state index in [0.29, 0.717) is 16.7 Å². The maximum atomic E-state index is 14.1. The Bertz CT molecular complexity index is 1600. The zero-order valence-corrected chi connectivity index (χ0v) is 27.1. The fourth-order valence-corrected chi connectivity index (χ4v) is 9.49. The van der Waals surface area contributed by atoms with Crippen LogP contribution in [0.5, 0.6) is 5.75 Å². The number of benzene rings is 2. The van der Waals surface area contributed by atoms with E-state index in [1.165, 1.54) is 19.1 Å². The molecule has 252 valence electrons. The van der Waals surface area contributed by atoms with Gasteiger partial charge in [-0.25, -0.2) is 4.79 Å². The monoisotopic (exact) mass is 650 g/mol. The van der Waals surface area contributed by atoms with Crippen LogP contribution in [0.25, 0.3) is 0 Å². The summed E-state index contributed by atoms with van der Waals surface area (Å²) in [5.74, 6) is -2.11. The van der Waals surface area contributed by atoms with E-state index in [9.17, 15) is 30.0 Å². The van der Waals surface area contributed by atoms with Crippen molar-refractivity contribution in [2.75, 3.05) is 6.61 Å². The molecule has 2 aromatic rings. The van der Waals surface area contributed by atoms with Gasteiger partial charge in [-0.15, -0.1) is 0 Å². The normalized spacial score (nSPS) is 40.7. The number of carbonyl (C=O) groups is 2. The van der Waals surface area contributed by atoms with Crippen LogP contribution < -0.4 is 0 Å². The molecule has 0 bridgehead atoms. The molecule has 11 atom stereocenters. The number of rotatable bonds is 5. The lowest BCUT2D eigenvalue weighted by atomic mass is 9.49. The Morgan fingerprint density at radius 1 is 1.00 bits per heavy atom. The number of phenols is 1. The zero-order chi connectivity index (χ0) is 33.7. The fraction of sp³-hybridized carbons (Fsp3) is 0.556. The lowest BCUT2D eigenvalue weighted by Crippen LogP contribution is -2.80. The van der Waals surface area contributed by atoms with Crippen molar-refractivity contribution in [3.8, 4) is 5.75 Å². The highest BCUT2D eigenvalue weighted by Gasteiger charge is 2.80. The predicted octanol–water partition coefficient (Wildman–Crippen LogP) is 3.34. The summed E-state index contributed by atoms with van der Waals surface area (Å²) in [4.78, 5) is 27.0. The lowest BCUT2D eigenvalue weighted by molar-refractivity contribution is -0.401. The van der Waals surface area contributed by atoms with Crippen LogP contribution in [0.15, 0.2) is 65.7 Å². The largest absolute Gasteiger partial charge is 0.508 e. The average Bonchev–Trinajstić information content (AvgIpc) is 3.26. The van der Waals surface area contributed by atoms with Gasteiger partial charge in [-0.3, -0.25) is 4.79 Å². The Morgan fingerprint density at radius 3 is 2.28 bits per heavy atom. The maximum absolute atomic E-state index is 14.1. The van der Waals surface area contributed by atoms with Crippen molar-refractivity contribution in [3.05, 3.63) is 76.9 Å². The Morgan fingerprint density at radius 2 is 1.68 bits per heavy atom. The van der Waals surface area contributed by atoms with Crippen LogP contribution in [-0.4, -0.2) is 86.8 Å². The molecular formula is C36H42O11. The third-order valence-electron chi connectivity index (χ3n) is 11.7. The molecule has 2 heterocycles. The first-order valence-corrected chi connectivity index (χ1v) is 16.1. The molecule has 4 N–H and O–H groups in total. The van der Waals surface area contributed by atoms with E-state index in [4.69, 9.17) is 23.7 Å². The summed E-state index contributed by atoms with van der Waals surface area (Å²) < 4.78 is 32.3. The van der Waals surface area contributed by atoms with Gasteiger partial charge in [-0.1, -0.05) is 37.3 Å². The fourth-order valence-electron chi connectivity index (χ4n) is 9.49. The quantitative estimate of drug-likeness (QED) is 0.278. The molecule has 0 spiro atoms. The molecule has 5 aliphatic rings. The third-order valence-corrected chi connectivity index (χ3v) is 11.7. The second-order valence-electron chi connectivity index (χ2n) is 14.5. The highest BCUT2D eigenvalue weighted by Crippen LogP contribution is 2.70. The Balaban J connectivity index is 1.50. The van der Waals surface area contributed by atoms with E-state index in [0.717, 1.165) is 0 Å². The lowest BCUT2D eigenvalue weighted by Gasteiger charge is -2.67. The Hall–Kier alpha value is -3.32. The first-order valence-electron chi connectivity index (χ1n) is 16.1. The van der Waals surface area contributed by atoms with Gasteiger partial charge >= 0.3 is 11.9 Å². The van der Waals surface area contributed by atoms with E-state index >= 15 is 0 Å². The summed E-state index contributed by atoms with van der Waals surface area (Å²) >= 11 is 0. The first-order chi connectivity index (χ1) is 22.1. The molecular weight excluding hydrogens is 608 g/mol. The third kappa shape index (κ3) is 4.47. The number of fused-ring (bicyclic) bond motifs is 3. The van der Waals surface area contributed by atoms with Gasteiger partial charge in [-0.2, -0.15) is 0 Å². The Labute approximate surface area is 273 Å². The van der Waals surface area contributed by atoms with Crippen LogP contribution in [0.3, 0.4) is 0 Å². The zero-order valence-electron chi connectivity index (χ0n) is 27.1. The van der Waals surface area contributed by atoms with E-state index < -0.39 is 82.8 Å². The minimum absolute atomic E-state index is 0.0175. The predicted molar refractivity (Wildman–Crippen MR) is 165 cm³/mol. The number of ether oxygens (including phenoxy) is 5. The van der Waals surface area contributed by atoms with Crippen molar-refractivity contribution in [1.82, 2.24) is 0 Å². The molecule has 2 aromatic carbocycles. The van der Waals surface area contributed by atoms with Crippen LogP contribution in [0.4, 0.5) is 0 Å². The molecule has 0 radical (unpaired) electrons. The van der Waals surface area contributed by atoms with Crippen molar-refractivity contribution in [3.63, 3.8) is 0 Å². The molecule has 4 fully saturated rings. The van der Waals surface area contributed by atoms with Crippen LogP contribution in [0, 0.1) is 16.7 Å². The van der Waals surface area contributed by atoms with E-state index in [1.807, 2.05) is 6.92 Å². The number of aliphatic hydroxyl groups excluding tert-OH is 2. The van der Waals surface area contributed by atoms with Gasteiger partial charge in [0.25, 0.3) is 0 Å². The topological polar surface area (TPSA) is 161 Å². The summed E-state index contributed by atoms with van der Waals surface area (Å²) in [6, 6.07) is 14.8. The molecule has 0 unspecified atom stereocenters. The second kappa shape index (κ2) is 10.8. The van der Waals surface area contributed by atoms with Crippen molar-refractivity contribution in [1.29, 1.82) is 0 Å². The van der Waals surface area contributed by atoms with Gasteiger partial charge in [0.15, 0.2) is 11.9 Å². The number of phenolic OH excluding ortho intramolecular Hbond substituents is 1. The molecule has 11 heteroatoms. The van der Waals surface area contributed by atoms with Crippen molar-refractivity contribution >= 4 is 11.9 Å². The van der Waals surface area contributed by atoms with Crippen LogP contribution in [0.1, 0.15) is 69.7 Å². The van der Waals surface area contributed by atoms with Crippen LogP contribution >= 0.6 is 0 Å². The molecule has 2 saturated carbocycles. The molecule has 47 heavy (non-hydrogen) atoms. The Kier molecular flexibility index (Phi) is 7.44. The molecule has 2 saturated heterocycles. The van der Waals surface area contributed by atoms with Gasteiger partial charge in [-0.05, 0) is 62.6 Å². The van der Waals surface area contributed by atoms with Gasteiger partial charge in [0.05, 0.1) is 47.4 Å². The first kappa shape index (κ1) is 32.2. The molecule has 2 aliphatic heterocycles. The highest BCUT2D eigenvalue weighted by molar-refractivity contribution is 5.89. The van der Waals surface area contributed by atoms with Gasteiger partial charge in [0.2, 0.25) is 0 Å². The smallest absolute Gasteiger partial charge is 0.338 e.